The van der Waals surface area contributed by atoms with Crippen LogP contribution in [0.5, 0.6) is 0 Å². The molecule has 1 aromatic rings. The first-order valence-corrected chi connectivity index (χ1v) is 7.78. The number of hydrogen-bond acceptors (Lipinski definition) is 3. The fraction of sp³-hybridized carbons (Fsp3) is 0.500. The molecule has 5 heteroatoms. The van der Waals surface area contributed by atoms with Gasteiger partial charge in [0.25, 0.3) is 0 Å². The van der Waals surface area contributed by atoms with Gasteiger partial charge in [0.15, 0.2) is 0 Å². The summed E-state index contributed by atoms with van der Waals surface area (Å²) in [5.74, 6) is 0.127. The van der Waals surface area contributed by atoms with Crippen molar-refractivity contribution in [2.75, 3.05) is 11.1 Å². The lowest BCUT2D eigenvalue weighted by atomic mass is 10.2. The Morgan fingerprint density at radius 2 is 1.84 bits per heavy atom. The molecule has 1 aromatic carbocycles. The van der Waals surface area contributed by atoms with Gasteiger partial charge < -0.3 is 11.1 Å². The highest BCUT2D eigenvalue weighted by molar-refractivity contribution is 7.86. The molecule has 0 bridgehead atoms. The maximum atomic E-state index is 11.9. The predicted molar refractivity (Wildman–Crippen MR) is 80.3 cm³/mol. The van der Waals surface area contributed by atoms with Gasteiger partial charge in [-0.25, -0.2) is 0 Å². The average Bonchev–Trinajstić information content (AvgIpc) is 2.38. The highest BCUT2D eigenvalue weighted by Gasteiger charge is 2.18. The first kappa shape index (κ1) is 15.9. The maximum absolute atomic E-state index is 11.9. The van der Waals surface area contributed by atoms with Gasteiger partial charge in [-0.2, -0.15) is 0 Å². The number of nitrogens with two attached hydrogens (primary N) is 1. The van der Waals surface area contributed by atoms with Crippen molar-refractivity contribution in [2.45, 2.75) is 32.6 Å². The van der Waals surface area contributed by atoms with Crippen LogP contribution in [0, 0.1) is 5.92 Å². The Bertz CT molecular complexity index is 443. The lowest BCUT2D eigenvalue weighted by Gasteiger charge is -2.14. The maximum Gasteiger partial charge on any atom is 0.237 e. The van der Waals surface area contributed by atoms with E-state index < -0.39 is 10.8 Å². The molecule has 0 aliphatic carbocycles. The third-order valence-corrected chi connectivity index (χ3v) is 5.02. The molecule has 0 aliphatic heterocycles. The van der Waals surface area contributed by atoms with Crippen molar-refractivity contribution < 1.29 is 9.00 Å². The van der Waals surface area contributed by atoms with E-state index in [1.54, 1.807) is 12.1 Å². The summed E-state index contributed by atoms with van der Waals surface area (Å²) in [4.78, 5) is 11.8. The van der Waals surface area contributed by atoms with E-state index in [9.17, 15) is 9.00 Å². The molecule has 4 nitrogen and oxygen atoms in total. The molecular weight excluding hydrogens is 260 g/mol. The topological polar surface area (TPSA) is 72.2 Å². The number of benzene rings is 1. The molecule has 106 valence electrons. The molecule has 0 aromatic heterocycles. The van der Waals surface area contributed by atoms with Crippen LogP contribution in [0.15, 0.2) is 24.3 Å². The van der Waals surface area contributed by atoms with Crippen LogP contribution in [-0.2, 0) is 22.1 Å². The van der Waals surface area contributed by atoms with Crippen LogP contribution in [0.4, 0.5) is 5.69 Å². The summed E-state index contributed by atoms with van der Waals surface area (Å²) in [5, 5.41) is 2.76. The van der Waals surface area contributed by atoms with Gasteiger partial charge in [0.2, 0.25) is 5.91 Å². The van der Waals surface area contributed by atoms with Gasteiger partial charge in [0.1, 0.15) is 5.75 Å². The van der Waals surface area contributed by atoms with Crippen molar-refractivity contribution in [1.82, 2.24) is 0 Å². The summed E-state index contributed by atoms with van der Waals surface area (Å²) in [7, 11) is -1.14. The number of carbonyl (C=O) groups is 1. The Kier molecular flexibility index (Phi) is 6.18. The lowest BCUT2D eigenvalue weighted by molar-refractivity contribution is -0.113. The molecule has 2 unspecified atom stereocenters. The van der Waals surface area contributed by atoms with Crippen molar-refractivity contribution >= 4 is 22.4 Å². The molecule has 19 heavy (non-hydrogen) atoms. The third kappa shape index (κ3) is 5.12. The largest absolute Gasteiger partial charge is 0.326 e. The van der Waals surface area contributed by atoms with E-state index in [1.165, 1.54) is 0 Å². The van der Waals surface area contributed by atoms with Crippen LogP contribution in [0.3, 0.4) is 0 Å². The normalized spacial score (nSPS) is 14.2. The molecular formula is C14H22N2O2S. The van der Waals surface area contributed by atoms with Crippen LogP contribution in [-0.4, -0.2) is 21.1 Å². The monoisotopic (exact) mass is 282 g/mol. The van der Waals surface area contributed by atoms with Crippen molar-refractivity contribution in [3.63, 3.8) is 0 Å². The van der Waals surface area contributed by atoms with E-state index in [-0.39, 0.29) is 16.9 Å². The minimum atomic E-state index is -1.14. The van der Waals surface area contributed by atoms with Gasteiger partial charge in [0, 0.05) is 28.3 Å². The summed E-state index contributed by atoms with van der Waals surface area (Å²) >= 11 is 0. The highest BCUT2D eigenvalue weighted by atomic mass is 32.2. The van der Waals surface area contributed by atoms with Crippen molar-refractivity contribution in [1.29, 1.82) is 0 Å². The summed E-state index contributed by atoms with van der Waals surface area (Å²) in [6, 6.07) is 7.33. The standard InChI is InChI=1S/C14H22N2O2S/c1-10(2)11(3)19(18)9-14(17)16-13-6-4-12(8-15)5-7-13/h4-7,10-11H,8-9,15H2,1-3H3,(H,16,17). The Morgan fingerprint density at radius 1 is 1.26 bits per heavy atom. The summed E-state index contributed by atoms with van der Waals surface area (Å²) in [6.07, 6.45) is 0. The third-order valence-electron chi connectivity index (χ3n) is 3.10. The molecule has 0 saturated carbocycles. The second kappa shape index (κ2) is 7.40. The molecule has 0 spiro atoms. The van der Waals surface area contributed by atoms with E-state index in [0.29, 0.717) is 18.2 Å². The number of hydrogen-bond donors (Lipinski definition) is 2. The van der Waals surface area contributed by atoms with Crippen LogP contribution in [0.25, 0.3) is 0 Å². The van der Waals surface area contributed by atoms with Gasteiger partial charge in [-0.15, -0.1) is 0 Å². The fourth-order valence-electron chi connectivity index (χ4n) is 1.49. The quantitative estimate of drug-likeness (QED) is 0.836. The molecule has 1 amide bonds. The first-order valence-electron chi connectivity index (χ1n) is 6.40. The smallest absolute Gasteiger partial charge is 0.237 e. The van der Waals surface area contributed by atoms with Gasteiger partial charge in [-0.3, -0.25) is 9.00 Å². The fourth-order valence-corrected chi connectivity index (χ4v) is 2.69. The van der Waals surface area contributed by atoms with E-state index in [2.05, 4.69) is 5.32 Å². The van der Waals surface area contributed by atoms with E-state index in [4.69, 9.17) is 5.73 Å². The zero-order chi connectivity index (χ0) is 14.4. The second-order valence-electron chi connectivity index (χ2n) is 4.92. The number of anilines is 1. The molecule has 0 saturated heterocycles. The minimum Gasteiger partial charge on any atom is -0.326 e. The molecule has 1 rings (SSSR count). The summed E-state index contributed by atoms with van der Waals surface area (Å²) in [6.45, 7) is 6.40. The molecule has 0 heterocycles. The van der Waals surface area contributed by atoms with E-state index in [0.717, 1.165) is 5.56 Å². The van der Waals surface area contributed by atoms with Crippen LogP contribution in [0.1, 0.15) is 26.3 Å². The zero-order valence-corrected chi connectivity index (χ0v) is 12.5. The lowest BCUT2D eigenvalue weighted by Crippen LogP contribution is -2.27. The Hall–Kier alpha value is -1.20. The van der Waals surface area contributed by atoms with E-state index in [1.807, 2.05) is 32.9 Å². The minimum absolute atomic E-state index is 0.0189. The van der Waals surface area contributed by atoms with Gasteiger partial charge in [-0.1, -0.05) is 32.9 Å². The van der Waals surface area contributed by atoms with Gasteiger partial charge in [0.05, 0.1) is 0 Å². The van der Waals surface area contributed by atoms with Crippen LogP contribution in [0.2, 0.25) is 0 Å². The van der Waals surface area contributed by atoms with Crippen molar-refractivity contribution in [3.05, 3.63) is 29.8 Å². The first-order chi connectivity index (χ1) is 8.93. The molecule has 0 radical (unpaired) electrons. The van der Waals surface area contributed by atoms with Crippen molar-refractivity contribution in [2.24, 2.45) is 11.7 Å². The van der Waals surface area contributed by atoms with Gasteiger partial charge in [-0.05, 0) is 23.6 Å². The van der Waals surface area contributed by atoms with Crippen LogP contribution >= 0.6 is 0 Å². The number of amides is 1. The second-order valence-corrected chi connectivity index (χ2v) is 6.72. The molecule has 0 aliphatic rings. The molecule has 2 atom stereocenters. The van der Waals surface area contributed by atoms with Crippen LogP contribution < -0.4 is 11.1 Å². The van der Waals surface area contributed by atoms with Crippen molar-refractivity contribution in [3.8, 4) is 0 Å². The summed E-state index contributed by atoms with van der Waals surface area (Å²) < 4.78 is 11.9. The highest BCUT2D eigenvalue weighted by Crippen LogP contribution is 2.11. The Labute approximate surface area is 117 Å². The Morgan fingerprint density at radius 3 is 2.32 bits per heavy atom. The number of nitrogens with one attached hydrogen (secondary N) is 1. The average molecular weight is 282 g/mol. The van der Waals surface area contributed by atoms with Gasteiger partial charge >= 0.3 is 0 Å². The zero-order valence-electron chi connectivity index (χ0n) is 11.7. The Balaban J connectivity index is 2.53. The summed E-state index contributed by atoms with van der Waals surface area (Å²) in [5.41, 5.74) is 7.22. The predicted octanol–water partition coefficient (Wildman–Crippen LogP) is 1.88. The molecule has 0 fully saturated rings. The number of carbonyl (C=O) groups excluding carboxylic acids is 1. The van der Waals surface area contributed by atoms with E-state index >= 15 is 0 Å². The SMILES string of the molecule is CC(C)C(C)S(=O)CC(=O)Nc1ccc(CN)cc1. The molecule has 3 N–H and O–H groups in total. The number of rotatable bonds is 6.